The molecular formula is C15H20ClNO2. The van der Waals surface area contributed by atoms with Gasteiger partial charge >= 0.3 is 0 Å². The minimum absolute atomic E-state index is 0.0665. The molecule has 0 N–H and O–H groups in total. The molecule has 1 amide bonds. The number of amides is 1. The van der Waals surface area contributed by atoms with Gasteiger partial charge in [-0.2, -0.15) is 0 Å². The summed E-state index contributed by atoms with van der Waals surface area (Å²) in [6, 6.07) is 5.26. The van der Waals surface area contributed by atoms with Crippen molar-refractivity contribution in [3.63, 3.8) is 0 Å². The highest BCUT2D eigenvalue weighted by Gasteiger charge is 2.21. The van der Waals surface area contributed by atoms with Crippen LogP contribution in [-0.2, 0) is 0 Å². The van der Waals surface area contributed by atoms with E-state index in [1.54, 1.807) is 18.2 Å². The minimum atomic E-state index is 0.0665. The lowest BCUT2D eigenvalue weighted by Gasteiger charge is -2.30. The Kier molecular flexibility index (Phi) is 4.70. The van der Waals surface area contributed by atoms with Crippen LogP contribution < -0.4 is 4.74 Å². The molecule has 1 aliphatic heterocycles. The molecule has 104 valence electrons. The topological polar surface area (TPSA) is 29.5 Å². The fourth-order valence-corrected chi connectivity index (χ4v) is 2.54. The normalized spacial score (nSPS) is 16.5. The van der Waals surface area contributed by atoms with Gasteiger partial charge in [0.1, 0.15) is 5.75 Å². The number of rotatable bonds is 3. The summed E-state index contributed by atoms with van der Waals surface area (Å²) in [5.41, 5.74) is 0.642. The summed E-state index contributed by atoms with van der Waals surface area (Å²) in [4.78, 5) is 14.3. The van der Waals surface area contributed by atoms with Crippen molar-refractivity contribution in [3.8, 4) is 5.75 Å². The van der Waals surface area contributed by atoms with Crippen LogP contribution in [0, 0.1) is 5.92 Å². The van der Waals surface area contributed by atoms with Crippen molar-refractivity contribution in [2.24, 2.45) is 5.92 Å². The number of carbonyl (C=O) groups is 1. The molecule has 1 heterocycles. The number of ether oxygens (including phenoxy) is 1. The highest BCUT2D eigenvalue weighted by Crippen LogP contribution is 2.26. The van der Waals surface area contributed by atoms with Gasteiger partial charge in [0.05, 0.1) is 11.6 Å². The second-order valence-electron chi connectivity index (χ2n) is 5.05. The van der Waals surface area contributed by atoms with Crippen LogP contribution in [0.3, 0.4) is 0 Å². The summed E-state index contributed by atoms with van der Waals surface area (Å²) in [6.07, 6.45) is 2.16. The van der Waals surface area contributed by atoms with E-state index in [9.17, 15) is 4.79 Å². The highest BCUT2D eigenvalue weighted by molar-refractivity contribution is 6.32. The molecule has 0 radical (unpaired) electrons. The monoisotopic (exact) mass is 281 g/mol. The van der Waals surface area contributed by atoms with Crippen molar-refractivity contribution in [2.75, 3.05) is 19.7 Å². The molecule has 2 rings (SSSR count). The molecule has 0 aliphatic carbocycles. The van der Waals surface area contributed by atoms with E-state index in [2.05, 4.69) is 6.92 Å². The number of nitrogens with zero attached hydrogens (tertiary/aromatic N) is 1. The summed E-state index contributed by atoms with van der Waals surface area (Å²) in [6.45, 7) is 6.38. The molecule has 0 bridgehead atoms. The zero-order valence-corrected chi connectivity index (χ0v) is 12.2. The first-order chi connectivity index (χ1) is 9.11. The van der Waals surface area contributed by atoms with E-state index < -0.39 is 0 Å². The van der Waals surface area contributed by atoms with Crippen LogP contribution in [0.15, 0.2) is 18.2 Å². The van der Waals surface area contributed by atoms with Crippen LogP contribution in [0.1, 0.15) is 37.0 Å². The van der Waals surface area contributed by atoms with Crippen LogP contribution >= 0.6 is 11.6 Å². The van der Waals surface area contributed by atoms with Crippen LogP contribution in [0.2, 0.25) is 5.02 Å². The van der Waals surface area contributed by atoms with Gasteiger partial charge in [0.15, 0.2) is 0 Å². The second kappa shape index (κ2) is 6.29. The fourth-order valence-electron chi connectivity index (χ4n) is 2.30. The quantitative estimate of drug-likeness (QED) is 0.847. The zero-order valence-electron chi connectivity index (χ0n) is 11.5. The number of hydrogen-bond acceptors (Lipinski definition) is 2. The zero-order chi connectivity index (χ0) is 13.8. The second-order valence-corrected chi connectivity index (χ2v) is 5.46. The predicted molar refractivity (Wildman–Crippen MR) is 76.9 cm³/mol. The Morgan fingerprint density at radius 1 is 1.42 bits per heavy atom. The fraction of sp³-hybridized carbons (Fsp3) is 0.533. The Morgan fingerprint density at radius 2 is 2.11 bits per heavy atom. The van der Waals surface area contributed by atoms with E-state index in [1.807, 2.05) is 11.8 Å². The molecule has 3 nitrogen and oxygen atoms in total. The van der Waals surface area contributed by atoms with Crippen molar-refractivity contribution in [2.45, 2.75) is 26.7 Å². The third-order valence-corrected chi connectivity index (χ3v) is 3.84. The van der Waals surface area contributed by atoms with Gasteiger partial charge in [0.2, 0.25) is 0 Å². The molecule has 0 unspecified atom stereocenters. The minimum Gasteiger partial charge on any atom is -0.492 e. The molecule has 1 fully saturated rings. The van der Waals surface area contributed by atoms with E-state index in [-0.39, 0.29) is 5.91 Å². The van der Waals surface area contributed by atoms with Gasteiger partial charge in [-0.3, -0.25) is 4.79 Å². The summed E-state index contributed by atoms with van der Waals surface area (Å²) < 4.78 is 5.37. The molecule has 1 aromatic carbocycles. The Labute approximate surface area is 119 Å². The third kappa shape index (κ3) is 3.41. The van der Waals surface area contributed by atoms with E-state index in [1.165, 1.54) is 0 Å². The van der Waals surface area contributed by atoms with Crippen LogP contribution in [0.25, 0.3) is 0 Å². The molecule has 0 atom stereocenters. The number of halogens is 1. The van der Waals surface area contributed by atoms with E-state index >= 15 is 0 Å². The number of likely N-dealkylation sites (tertiary alicyclic amines) is 1. The summed E-state index contributed by atoms with van der Waals surface area (Å²) in [5.74, 6) is 1.41. The number of piperidine rings is 1. The summed E-state index contributed by atoms with van der Waals surface area (Å²) in [7, 11) is 0. The molecule has 1 aromatic rings. The lowest BCUT2D eigenvalue weighted by molar-refractivity contribution is 0.0697. The maximum atomic E-state index is 12.4. The van der Waals surface area contributed by atoms with Gasteiger partial charge in [-0.15, -0.1) is 0 Å². The summed E-state index contributed by atoms with van der Waals surface area (Å²) in [5, 5.41) is 0.498. The van der Waals surface area contributed by atoms with Crippen LogP contribution in [-0.4, -0.2) is 30.5 Å². The Bertz CT molecular complexity index is 453. The number of hydrogen-bond donors (Lipinski definition) is 0. The highest BCUT2D eigenvalue weighted by atomic mass is 35.5. The molecule has 0 spiro atoms. The molecule has 0 saturated carbocycles. The van der Waals surface area contributed by atoms with Gasteiger partial charge in [-0.05, 0) is 43.9 Å². The first kappa shape index (κ1) is 14.2. The first-order valence-electron chi connectivity index (χ1n) is 6.83. The lowest BCUT2D eigenvalue weighted by atomic mass is 9.98. The van der Waals surface area contributed by atoms with Crippen molar-refractivity contribution in [1.82, 2.24) is 4.90 Å². The molecule has 19 heavy (non-hydrogen) atoms. The largest absolute Gasteiger partial charge is 0.492 e. The predicted octanol–water partition coefficient (Wildman–Crippen LogP) is 3.61. The van der Waals surface area contributed by atoms with E-state index in [0.29, 0.717) is 28.9 Å². The van der Waals surface area contributed by atoms with E-state index in [0.717, 1.165) is 25.9 Å². The molecular weight excluding hydrogens is 262 g/mol. The molecule has 1 saturated heterocycles. The Hall–Kier alpha value is -1.22. The smallest absolute Gasteiger partial charge is 0.253 e. The standard InChI is InChI=1S/C15H20ClNO2/c1-3-19-14-5-4-12(10-13(14)16)15(18)17-8-6-11(2)7-9-17/h4-5,10-11H,3,6-9H2,1-2H3. The number of benzene rings is 1. The molecule has 0 aromatic heterocycles. The maximum Gasteiger partial charge on any atom is 0.253 e. The van der Waals surface area contributed by atoms with Crippen LogP contribution in [0.4, 0.5) is 0 Å². The lowest BCUT2D eigenvalue weighted by Crippen LogP contribution is -2.37. The summed E-state index contributed by atoms with van der Waals surface area (Å²) >= 11 is 6.12. The third-order valence-electron chi connectivity index (χ3n) is 3.55. The molecule has 4 heteroatoms. The Balaban J connectivity index is 2.09. The number of carbonyl (C=O) groups excluding carboxylic acids is 1. The van der Waals surface area contributed by atoms with Crippen molar-refractivity contribution < 1.29 is 9.53 Å². The van der Waals surface area contributed by atoms with Crippen LogP contribution in [0.5, 0.6) is 5.75 Å². The average molecular weight is 282 g/mol. The van der Waals surface area contributed by atoms with Crippen molar-refractivity contribution in [1.29, 1.82) is 0 Å². The maximum absolute atomic E-state index is 12.4. The van der Waals surface area contributed by atoms with Crippen molar-refractivity contribution >= 4 is 17.5 Å². The molecule has 1 aliphatic rings. The SMILES string of the molecule is CCOc1ccc(C(=O)N2CCC(C)CC2)cc1Cl. The van der Waals surface area contributed by atoms with Crippen molar-refractivity contribution in [3.05, 3.63) is 28.8 Å². The average Bonchev–Trinajstić information content (AvgIpc) is 2.41. The van der Waals surface area contributed by atoms with Gasteiger partial charge in [-0.25, -0.2) is 0 Å². The van der Waals surface area contributed by atoms with Gasteiger partial charge < -0.3 is 9.64 Å². The van der Waals surface area contributed by atoms with E-state index in [4.69, 9.17) is 16.3 Å². The van der Waals surface area contributed by atoms with Gasteiger partial charge in [0.25, 0.3) is 5.91 Å². The van der Waals surface area contributed by atoms with Gasteiger partial charge in [-0.1, -0.05) is 18.5 Å². The Morgan fingerprint density at radius 3 is 2.68 bits per heavy atom. The first-order valence-corrected chi connectivity index (χ1v) is 7.21. The van der Waals surface area contributed by atoms with Gasteiger partial charge in [0, 0.05) is 18.7 Å².